The number of nitrogens with one attached hydrogen (secondary N) is 2. The van der Waals surface area contributed by atoms with Crippen LogP contribution in [-0.4, -0.2) is 22.6 Å². The standard InChI is InChI=1S/C24H21N3O4/c1-15-7-10-18(11-8-15)27-23(29)19-12-9-16(13-20(19)26-24(27)30)22(28)25-14-17-5-3-4-6-21(17)31-2/h3-13H,14H2,1-2H3,(H,25,28)(H,26,30). The number of aromatic nitrogens is 2. The first kappa shape index (κ1) is 20.2. The molecule has 0 fully saturated rings. The van der Waals surface area contributed by atoms with Crippen molar-refractivity contribution in [2.45, 2.75) is 13.5 Å². The Labute approximate surface area is 177 Å². The number of fused-ring (bicyclic) bond motifs is 1. The zero-order valence-corrected chi connectivity index (χ0v) is 17.1. The van der Waals surface area contributed by atoms with Crippen LogP contribution < -0.4 is 21.3 Å². The van der Waals surface area contributed by atoms with Gasteiger partial charge in [-0.15, -0.1) is 0 Å². The van der Waals surface area contributed by atoms with Gasteiger partial charge in [0.15, 0.2) is 0 Å². The maximum absolute atomic E-state index is 12.9. The lowest BCUT2D eigenvalue weighted by molar-refractivity contribution is 0.0951. The number of aromatic amines is 1. The first-order valence-electron chi connectivity index (χ1n) is 9.74. The Hall–Kier alpha value is -4.13. The average molecular weight is 415 g/mol. The molecule has 3 aromatic carbocycles. The van der Waals surface area contributed by atoms with Crippen molar-refractivity contribution in [3.05, 3.63) is 104 Å². The van der Waals surface area contributed by atoms with Crippen LogP contribution in [0.2, 0.25) is 0 Å². The smallest absolute Gasteiger partial charge is 0.333 e. The Balaban J connectivity index is 1.64. The summed E-state index contributed by atoms with van der Waals surface area (Å²) >= 11 is 0. The van der Waals surface area contributed by atoms with Crippen LogP contribution in [0.15, 0.2) is 76.3 Å². The molecule has 0 bridgehead atoms. The number of aryl methyl sites for hydroxylation is 1. The number of methoxy groups -OCH3 is 1. The molecule has 0 aliphatic carbocycles. The van der Waals surface area contributed by atoms with E-state index >= 15 is 0 Å². The molecule has 1 aromatic heterocycles. The molecular weight excluding hydrogens is 394 g/mol. The van der Waals surface area contributed by atoms with Crippen LogP contribution in [-0.2, 0) is 6.54 Å². The summed E-state index contributed by atoms with van der Waals surface area (Å²) in [4.78, 5) is 40.9. The van der Waals surface area contributed by atoms with E-state index in [2.05, 4.69) is 10.3 Å². The van der Waals surface area contributed by atoms with Gasteiger partial charge in [0.1, 0.15) is 5.75 Å². The van der Waals surface area contributed by atoms with Gasteiger partial charge < -0.3 is 15.0 Å². The van der Waals surface area contributed by atoms with Gasteiger partial charge in [0.2, 0.25) is 0 Å². The molecule has 31 heavy (non-hydrogen) atoms. The van der Waals surface area contributed by atoms with Crippen molar-refractivity contribution in [3.8, 4) is 11.4 Å². The lowest BCUT2D eigenvalue weighted by Gasteiger charge is -2.10. The van der Waals surface area contributed by atoms with Crippen molar-refractivity contribution >= 4 is 16.8 Å². The first-order valence-corrected chi connectivity index (χ1v) is 9.74. The van der Waals surface area contributed by atoms with E-state index in [4.69, 9.17) is 4.74 Å². The van der Waals surface area contributed by atoms with E-state index in [-0.39, 0.29) is 12.5 Å². The van der Waals surface area contributed by atoms with E-state index in [0.717, 1.165) is 15.7 Å². The van der Waals surface area contributed by atoms with Crippen molar-refractivity contribution in [2.24, 2.45) is 0 Å². The maximum atomic E-state index is 12.9. The number of carbonyl (C=O) groups excluding carboxylic acids is 1. The van der Waals surface area contributed by atoms with Gasteiger partial charge >= 0.3 is 5.69 Å². The van der Waals surface area contributed by atoms with Gasteiger partial charge in [-0.3, -0.25) is 9.59 Å². The number of ether oxygens (including phenoxy) is 1. The summed E-state index contributed by atoms with van der Waals surface area (Å²) in [5.41, 5.74) is 1.99. The highest BCUT2D eigenvalue weighted by Gasteiger charge is 2.13. The average Bonchev–Trinajstić information content (AvgIpc) is 2.78. The molecule has 7 nitrogen and oxygen atoms in total. The normalized spacial score (nSPS) is 10.8. The van der Waals surface area contributed by atoms with E-state index in [9.17, 15) is 14.4 Å². The van der Waals surface area contributed by atoms with Gasteiger partial charge in [-0.05, 0) is 43.3 Å². The fourth-order valence-corrected chi connectivity index (χ4v) is 3.41. The minimum atomic E-state index is -0.562. The first-order chi connectivity index (χ1) is 15.0. The molecule has 0 atom stereocenters. The van der Waals surface area contributed by atoms with Crippen LogP contribution in [0.5, 0.6) is 5.75 Å². The molecule has 7 heteroatoms. The third kappa shape index (κ3) is 3.98. The van der Waals surface area contributed by atoms with Crippen LogP contribution >= 0.6 is 0 Å². The highest BCUT2D eigenvalue weighted by atomic mass is 16.5. The van der Waals surface area contributed by atoms with Gasteiger partial charge in [-0.2, -0.15) is 0 Å². The summed E-state index contributed by atoms with van der Waals surface area (Å²) in [7, 11) is 1.57. The fraction of sp³-hybridized carbons (Fsp3) is 0.125. The van der Waals surface area contributed by atoms with E-state index in [1.807, 2.05) is 43.3 Å². The van der Waals surface area contributed by atoms with Crippen molar-refractivity contribution in [1.29, 1.82) is 0 Å². The third-order valence-corrected chi connectivity index (χ3v) is 5.08. The number of rotatable bonds is 5. The molecule has 0 aliphatic rings. The second kappa shape index (κ2) is 8.31. The van der Waals surface area contributed by atoms with E-state index in [1.54, 1.807) is 31.4 Å². The summed E-state index contributed by atoms with van der Waals surface area (Å²) in [6, 6.07) is 19.1. The van der Waals surface area contributed by atoms with Crippen LogP contribution in [0, 0.1) is 6.92 Å². The molecule has 1 heterocycles. The number of H-pyrrole nitrogens is 1. The van der Waals surface area contributed by atoms with E-state index in [1.165, 1.54) is 6.07 Å². The fourth-order valence-electron chi connectivity index (χ4n) is 3.41. The predicted octanol–water partition coefficient (Wildman–Crippen LogP) is 2.93. The molecule has 0 saturated heterocycles. The summed E-state index contributed by atoms with van der Waals surface area (Å²) in [6.45, 7) is 2.21. The molecule has 0 aliphatic heterocycles. The maximum Gasteiger partial charge on any atom is 0.333 e. The molecule has 0 unspecified atom stereocenters. The molecule has 0 saturated carbocycles. The van der Waals surface area contributed by atoms with Gasteiger partial charge in [-0.25, -0.2) is 9.36 Å². The summed E-state index contributed by atoms with van der Waals surface area (Å²) < 4.78 is 6.38. The Bertz CT molecular complexity index is 1380. The van der Waals surface area contributed by atoms with Crippen molar-refractivity contribution in [1.82, 2.24) is 14.9 Å². The number of carbonyl (C=O) groups is 1. The van der Waals surface area contributed by atoms with Crippen molar-refractivity contribution < 1.29 is 9.53 Å². The molecule has 1 amide bonds. The molecule has 0 radical (unpaired) electrons. The SMILES string of the molecule is COc1ccccc1CNC(=O)c1ccc2c(=O)n(-c3ccc(C)cc3)c(=O)[nH]c2c1. The van der Waals surface area contributed by atoms with E-state index < -0.39 is 11.2 Å². The number of benzene rings is 3. The van der Waals surface area contributed by atoms with Crippen LogP contribution in [0.1, 0.15) is 21.5 Å². The minimum absolute atomic E-state index is 0.284. The summed E-state index contributed by atoms with van der Waals surface area (Å²) in [5, 5.41) is 3.15. The van der Waals surface area contributed by atoms with Crippen molar-refractivity contribution in [3.63, 3.8) is 0 Å². The lowest BCUT2D eigenvalue weighted by atomic mass is 10.1. The number of amides is 1. The number of nitrogens with zero attached hydrogens (tertiary/aromatic N) is 1. The molecule has 2 N–H and O–H groups in total. The molecule has 4 aromatic rings. The Morgan fingerprint density at radius 2 is 1.77 bits per heavy atom. The Kier molecular flexibility index (Phi) is 5.41. The van der Waals surface area contributed by atoms with E-state index in [0.29, 0.717) is 27.9 Å². The van der Waals surface area contributed by atoms with Crippen LogP contribution in [0.25, 0.3) is 16.6 Å². The minimum Gasteiger partial charge on any atom is -0.496 e. The molecule has 0 spiro atoms. The monoisotopic (exact) mass is 415 g/mol. The summed E-state index contributed by atoms with van der Waals surface area (Å²) in [5.74, 6) is 0.360. The molecule has 156 valence electrons. The van der Waals surface area contributed by atoms with Gasteiger partial charge in [-0.1, -0.05) is 35.9 Å². The highest BCUT2D eigenvalue weighted by Crippen LogP contribution is 2.17. The highest BCUT2D eigenvalue weighted by molar-refractivity contribution is 5.97. The van der Waals surface area contributed by atoms with Crippen LogP contribution in [0.4, 0.5) is 0 Å². The largest absolute Gasteiger partial charge is 0.496 e. The zero-order valence-electron chi connectivity index (χ0n) is 17.1. The van der Waals surface area contributed by atoms with Gasteiger partial charge in [0.25, 0.3) is 11.5 Å². The Morgan fingerprint density at radius 1 is 1.03 bits per heavy atom. The van der Waals surface area contributed by atoms with Gasteiger partial charge in [0.05, 0.1) is 23.7 Å². The lowest BCUT2D eigenvalue weighted by Crippen LogP contribution is -2.33. The zero-order chi connectivity index (χ0) is 22.0. The molecular formula is C24H21N3O4. The molecule has 4 rings (SSSR count). The Morgan fingerprint density at radius 3 is 2.52 bits per heavy atom. The predicted molar refractivity (Wildman–Crippen MR) is 119 cm³/mol. The number of hydrogen-bond acceptors (Lipinski definition) is 4. The number of para-hydroxylation sites is 1. The number of hydrogen-bond donors (Lipinski definition) is 2. The summed E-state index contributed by atoms with van der Waals surface area (Å²) in [6.07, 6.45) is 0. The third-order valence-electron chi connectivity index (χ3n) is 5.08. The van der Waals surface area contributed by atoms with Crippen molar-refractivity contribution in [2.75, 3.05) is 7.11 Å². The van der Waals surface area contributed by atoms with Gasteiger partial charge in [0, 0.05) is 17.7 Å². The second-order valence-electron chi connectivity index (χ2n) is 7.16. The van der Waals surface area contributed by atoms with Crippen LogP contribution in [0.3, 0.4) is 0 Å². The second-order valence-corrected chi connectivity index (χ2v) is 7.16. The topological polar surface area (TPSA) is 93.2 Å². The quantitative estimate of drug-likeness (QED) is 0.524.